The van der Waals surface area contributed by atoms with Gasteiger partial charge in [0.15, 0.2) is 11.6 Å². The molecule has 1 aliphatic rings. The topological polar surface area (TPSA) is 59.1 Å². The SMILES string of the molecule is N=C(N)c1ccc(OCCC2CCCC2)c(F)c1. The molecule has 0 aliphatic heterocycles. The largest absolute Gasteiger partial charge is 0.491 e. The van der Waals surface area contributed by atoms with Gasteiger partial charge in [0.25, 0.3) is 0 Å². The van der Waals surface area contributed by atoms with E-state index in [0.29, 0.717) is 12.2 Å². The van der Waals surface area contributed by atoms with Crippen LogP contribution in [0.3, 0.4) is 0 Å². The summed E-state index contributed by atoms with van der Waals surface area (Å²) in [5.74, 6) is 0.406. The molecule has 0 atom stereocenters. The minimum Gasteiger partial charge on any atom is -0.491 e. The van der Waals surface area contributed by atoms with E-state index in [-0.39, 0.29) is 11.6 Å². The van der Waals surface area contributed by atoms with E-state index in [1.165, 1.54) is 31.7 Å². The fourth-order valence-electron chi connectivity index (χ4n) is 2.42. The number of hydrogen-bond donors (Lipinski definition) is 2. The number of benzene rings is 1. The van der Waals surface area contributed by atoms with Gasteiger partial charge in [-0.1, -0.05) is 25.7 Å². The van der Waals surface area contributed by atoms with Gasteiger partial charge in [-0.25, -0.2) is 4.39 Å². The van der Waals surface area contributed by atoms with E-state index in [1.54, 1.807) is 12.1 Å². The first-order valence-electron chi connectivity index (χ1n) is 6.43. The van der Waals surface area contributed by atoms with Gasteiger partial charge in [-0.2, -0.15) is 0 Å². The Hall–Kier alpha value is -1.58. The maximum absolute atomic E-state index is 13.6. The molecule has 1 saturated carbocycles. The highest BCUT2D eigenvalue weighted by atomic mass is 19.1. The van der Waals surface area contributed by atoms with E-state index in [0.717, 1.165) is 12.3 Å². The molecule has 3 N–H and O–H groups in total. The minimum absolute atomic E-state index is 0.133. The number of nitrogens with two attached hydrogens (primary N) is 1. The van der Waals surface area contributed by atoms with Crippen molar-refractivity contribution in [3.63, 3.8) is 0 Å². The third kappa shape index (κ3) is 3.22. The lowest BCUT2D eigenvalue weighted by molar-refractivity contribution is 0.268. The summed E-state index contributed by atoms with van der Waals surface area (Å²) in [5, 5.41) is 7.22. The quantitative estimate of drug-likeness (QED) is 0.623. The molecule has 1 aromatic rings. The molecular formula is C14H19FN2O. The number of nitrogens with one attached hydrogen (secondary N) is 1. The molecule has 3 nitrogen and oxygen atoms in total. The average molecular weight is 250 g/mol. The molecule has 1 aliphatic carbocycles. The van der Waals surface area contributed by atoms with Crippen LogP contribution in [0.25, 0.3) is 0 Å². The normalized spacial score (nSPS) is 15.8. The van der Waals surface area contributed by atoms with E-state index in [2.05, 4.69) is 0 Å². The number of ether oxygens (including phenoxy) is 1. The van der Waals surface area contributed by atoms with Gasteiger partial charge < -0.3 is 10.5 Å². The monoisotopic (exact) mass is 250 g/mol. The summed E-state index contributed by atoms with van der Waals surface area (Å²) in [6.45, 7) is 0.557. The van der Waals surface area contributed by atoms with Gasteiger partial charge in [-0.15, -0.1) is 0 Å². The third-order valence-electron chi connectivity index (χ3n) is 3.50. The van der Waals surface area contributed by atoms with Gasteiger partial charge >= 0.3 is 0 Å². The van der Waals surface area contributed by atoms with Crippen LogP contribution >= 0.6 is 0 Å². The first-order valence-corrected chi connectivity index (χ1v) is 6.43. The lowest BCUT2D eigenvalue weighted by Crippen LogP contribution is -2.11. The maximum atomic E-state index is 13.6. The fourth-order valence-corrected chi connectivity index (χ4v) is 2.42. The maximum Gasteiger partial charge on any atom is 0.165 e. The standard InChI is InChI=1S/C14H19FN2O/c15-12-9-11(14(16)17)5-6-13(12)18-8-7-10-3-1-2-4-10/h5-6,9-10H,1-4,7-8H2,(H3,16,17). The number of halogens is 1. The van der Waals surface area contributed by atoms with E-state index < -0.39 is 5.82 Å². The van der Waals surface area contributed by atoms with Crippen molar-refractivity contribution < 1.29 is 9.13 Å². The molecule has 98 valence electrons. The molecule has 4 heteroatoms. The van der Waals surface area contributed by atoms with Crippen molar-refractivity contribution in [3.05, 3.63) is 29.6 Å². The van der Waals surface area contributed by atoms with Crippen molar-refractivity contribution in [2.45, 2.75) is 32.1 Å². The van der Waals surface area contributed by atoms with Crippen molar-refractivity contribution in [2.24, 2.45) is 11.7 Å². The Balaban J connectivity index is 1.87. The van der Waals surface area contributed by atoms with Crippen molar-refractivity contribution in [1.82, 2.24) is 0 Å². The van der Waals surface area contributed by atoms with Gasteiger partial charge in [-0.05, 0) is 30.5 Å². The number of rotatable bonds is 5. The Morgan fingerprint density at radius 1 is 1.39 bits per heavy atom. The molecule has 0 bridgehead atoms. The molecule has 18 heavy (non-hydrogen) atoms. The average Bonchev–Trinajstić information content (AvgIpc) is 2.84. The van der Waals surface area contributed by atoms with Crippen LogP contribution < -0.4 is 10.5 Å². The van der Waals surface area contributed by atoms with Crippen LogP contribution in [0.1, 0.15) is 37.7 Å². The second-order valence-corrected chi connectivity index (χ2v) is 4.85. The second kappa shape index (κ2) is 5.85. The van der Waals surface area contributed by atoms with Gasteiger partial charge in [0.1, 0.15) is 5.84 Å². The van der Waals surface area contributed by atoms with Crippen molar-refractivity contribution in [3.8, 4) is 5.75 Å². The molecular weight excluding hydrogens is 231 g/mol. The zero-order valence-electron chi connectivity index (χ0n) is 10.4. The van der Waals surface area contributed by atoms with Crippen LogP contribution in [-0.2, 0) is 0 Å². The molecule has 0 amide bonds. The molecule has 0 unspecified atom stereocenters. The Bertz CT molecular complexity index is 428. The third-order valence-corrected chi connectivity index (χ3v) is 3.50. The van der Waals surface area contributed by atoms with Crippen molar-refractivity contribution in [2.75, 3.05) is 6.61 Å². The van der Waals surface area contributed by atoms with E-state index >= 15 is 0 Å². The fraction of sp³-hybridized carbons (Fsp3) is 0.500. The van der Waals surface area contributed by atoms with Crippen molar-refractivity contribution in [1.29, 1.82) is 5.41 Å². The van der Waals surface area contributed by atoms with Gasteiger partial charge in [0, 0.05) is 5.56 Å². The summed E-state index contributed by atoms with van der Waals surface area (Å²) in [6, 6.07) is 4.39. The molecule has 1 aromatic carbocycles. The highest BCUT2D eigenvalue weighted by Crippen LogP contribution is 2.28. The van der Waals surface area contributed by atoms with Gasteiger partial charge in [0.2, 0.25) is 0 Å². The summed E-state index contributed by atoms with van der Waals surface area (Å²) in [7, 11) is 0. The first kappa shape index (κ1) is 12.9. The Labute approximate surface area is 107 Å². The van der Waals surface area contributed by atoms with Gasteiger partial charge in [0.05, 0.1) is 6.61 Å². The van der Waals surface area contributed by atoms with Crippen molar-refractivity contribution >= 4 is 5.84 Å². The highest BCUT2D eigenvalue weighted by molar-refractivity contribution is 5.95. The summed E-state index contributed by atoms with van der Waals surface area (Å²) in [6.07, 6.45) is 6.16. The first-order chi connectivity index (χ1) is 8.66. The summed E-state index contributed by atoms with van der Waals surface area (Å²) >= 11 is 0. The predicted molar refractivity (Wildman–Crippen MR) is 69.5 cm³/mol. The Kier molecular flexibility index (Phi) is 4.18. The number of amidine groups is 1. The smallest absolute Gasteiger partial charge is 0.165 e. The zero-order valence-corrected chi connectivity index (χ0v) is 10.4. The lowest BCUT2D eigenvalue weighted by atomic mass is 10.1. The van der Waals surface area contributed by atoms with Crippen LogP contribution in [0.15, 0.2) is 18.2 Å². The van der Waals surface area contributed by atoms with Crippen LogP contribution in [0, 0.1) is 17.1 Å². The molecule has 1 fully saturated rings. The second-order valence-electron chi connectivity index (χ2n) is 4.85. The highest BCUT2D eigenvalue weighted by Gasteiger charge is 2.15. The van der Waals surface area contributed by atoms with Crippen LogP contribution in [-0.4, -0.2) is 12.4 Å². The van der Waals surface area contributed by atoms with Crippen LogP contribution in [0.2, 0.25) is 0 Å². The Morgan fingerprint density at radius 2 is 2.11 bits per heavy atom. The van der Waals surface area contributed by atoms with Gasteiger partial charge in [-0.3, -0.25) is 5.41 Å². The van der Waals surface area contributed by atoms with E-state index in [9.17, 15) is 4.39 Å². The number of hydrogen-bond acceptors (Lipinski definition) is 2. The summed E-state index contributed by atoms with van der Waals surface area (Å²) in [4.78, 5) is 0. The van der Waals surface area contributed by atoms with E-state index in [1.807, 2.05) is 0 Å². The lowest BCUT2D eigenvalue weighted by Gasteiger charge is -2.11. The van der Waals surface area contributed by atoms with E-state index in [4.69, 9.17) is 15.9 Å². The molecule has 0 heterocycles. The minimum atomic E-state index is -0.450. The molecule has 0 saturated heterocycles. The molecule has 2 rings (SSSR count). The molecule has 0 spiro atoms. The summed E-state index contributed by atoms with van der Waals surface area (Å²) in [5.41, 5.74) is 5.68. The molecule has 0 radical (unpaired) electrons. The summed E-state index contributed by atoms with van der Waals surface area (Å²) < 4.78 is 19.1. The Morgan fingerprint density at radius 3 is 2.72 bits per heavy atom. The van der Waals surface area contributed by atoms with Crippen LogP contribution in [0.5, 0.6) is 5.75 Å². The van der Waals surface area contributed by atoms with Crippen LogP contribution in [0.4, 0.5) is 4.39 Å². The predicted octanol–water partition coefficient (Wildman–Crippen LogP) is 3.07. The zero-order chi connectivity index (χ0) is 13.0. The number of nitrogen functional groups attached to an aromatic ring is 1. The molecule has 0 aromatic heterocycles.